The molecule has 2 bridgehead atoms. The van der Waals surface area contributed by atoms with Crippen molar-refractivity contribution in [3.05, 3.63) is 24.3 Å². The molecule has 2 aliphatic carbocycles. The summed E-state index contributed by atoms with van der Waals surface area (Å²) in [6.45, 7) is 0.204. The van der Waals surface area contributed by atoms with Crippen LogP contribution in [0.25, 0.3) is 0 Å². The van der Waals surface area contributed by atoms with Crippen molar-refractivity contribution in [2.75, 3.05) is 18.5 Å². The highest BCUT2D eigenvalue weighted by atomic mass is 16.5. The van der Waals surface area contributed by atoms with Crippen LogP contribution >= 0.6 is 0 Å². The minimum absolute atomic E-state index is 0.0130. The normalized spacial score (nSPS) is 30.2. The van der Waals surface area contributed by atoms with Gasteiger partial charge in [0.2, 0.25) is 5.91 Å². The van der Waals surface area contributed by atoms with Gasteiger partial charge in [0.1, 0.15) is 11.5 Å². The van der Waals surface area contributed by atoms with E-state index < -0.39 is 6.10 Å². The average molecular weight is 356 g/mol. The maximum absolute atomic E-state index is 13.3. The van der Waals surface area contributed by atoms with Crippen LogP contribution in [0.3, 0.4) is 0 Å². The lowest BCUT2D eigenvalue weighted by atomic mass is 9.67. The fraction of sp³-hybridized carbons (Fsp3) is 0.550. The Hall–Kier alpha value is -2.37. The Morgan fingerprint density at radius 2 is 1.85 bits per heavy atom. The van der Waals surface area contributed by atoms with Crippen molar-refractivity contribution in [1.82, 2.24) is 5.32 Å². The monoisotopic (exact) mass is 356 g/mol. The number of nitrogens with zero attached hydrogens (tertiary/aromatic N) is 1. The zero-order chi connectivity index (χ0) is 18.3. The molecule has 1 N–H and O–H groups in total. The number of fused-ring (bicyclic) bond motifs is 3. The summed E-state index contributed by atoms with van der Waals surface area (Å²) in [5.74, 6) is 0.579. The molecule has 1 aromatic carbocycles. The molecule has 6 nitrogen and oxygen atoms in total. The molecule has 3 atom stereocenters. The maximum atomic E-state index is 13.3. The third-order valence-corrected chi connectivity index (χ3v) is 5.98. The van der Waals surface area contributed by atoms with Gasteiger partial charge in [0.05, 0.1) is 12.2 Å². The molecule has 2 amide bonds. The van der Waals surface area contributed by atoms with E-state index in [-0.39, 0.29) is 36.1 Å². The van der Waals surface area contributed by atoms with Crippen molar-refractivity contribution in [1.29, 1.82) is 0 Å². The Kier molecular flexibility index (Phi) is 4.42. The SMILES string of the molecule is CNC(=O)C1CN(C(=O)C2CC3CCCC(C2)C3=O)c2ccccc2O1. The van der Waals surface area contributed by atoms with E-state index in [1.54, 1.807) is 18.0 Å². The molecule has 1 aliphatic heterocycles. The van der Waals surface area contributed by atoms with E-state index in [1.165, 1.54) is 0 Å². The fourth-order valence-corrected chi connectivity index (χ4v) is 4.64. The molecular weight excluding hydrogens is 332 g/mol. The summed E-state index contributed by atoms with van der Waals surface area (Å²) in [5.41, 5.74) is 0.708. The molecule has 2 saturated carbocycles. The van der Waals surface area contributed by atoms with Crippen LogP contribution in [0.15, 0.2) is 24.3 Å². The topological polar surface area (TPSA) is 75.7 Å². The van der Waals surface area contributed by atoms with Crippen LogP contribution in [0.1, 0.15) is 32.1 Å². The van der Waals surface area contributed by atoms with Crippen LogP contribution in [0.4, 0.5) is 5.69 Å². The first kappa shape index (κ1) is 17.1. The Bertz CT molecular complexity index is 731. The average Bonchev–Trinajstić information content (AvgIpc) is 2.65. The molecule has 2 fully saturated rings. The smallest absolute Gasteiger partial charge is 0.262 e. The summed E-state index contributed by atoms with van der Waals surface area (Å²) in [6, 6.07) is 7.32. The molecule has 0 radical (unpaired) electrons. The molecule has 26 heavy (non-hydrogen) atoms. The van der Waals surface area contributed by atoms with Gasteiger partial charge in [0.15, 0.2) is 6.10 Å². The van der Waals surface area contributed by atoms with E-state index in [0.29, 0.717) is 30.1 Å². The number of nitrogens with one attached hydrogen (secondary N) is 1. The number of likely N-dealkylation sites (N-methyl/N-ethyl adjacent to an activating group) is 1. The van der Waals surface area contributed by atoms with Gasteiger partial charge in [-0.15, -0.1) is 0 Å². The largest absolute Gasteiger partial charge is 0.477 e. The van der Waals surface area contributed by atoms with Crippen molar-refractivity contribution >= 4 is 23.3 Å². The summed E-state index contributed by atoms with van der Waals surface area (Å²) >= 11 is 0. The number of carbonyl (C=O) groups is 3. The lowest BCUT2D eigenvalue weighted by molar-refractivity contribution is -0.137. The number of ether oxygens (including phenoxy) is 1. The third kappa shape index (κ3) is 2.87. The van der Waals surface area contributed by atoms with Crippen molar-refractivity contribution < 1.29 is 19.1 Å². The van der Waals surface area contributed by atoms with Gasteiger partial charge in [-0.1, -0.05) is 18.6 Å². The minimum Gasteiger partial charge on any atom is -0.477 e. The predicted molar refractivity (Wildman–Crippen MR) is 95.8 cm³/mol. The van der Waals surface area contributed by atoms with Gasteiger partial charge in [-0.25, -0.2) is 0 Å². The predicted octanol–water partition coefficient (Wildman–Crippen LogP) is 1.92. The molecule has 1 aromatic rings. The highest BCUT2D eigenvalue weighted by molar-refractivity contribution is 6.00. The molecule has 3 unspecified atom stereocenters. The van der Waals surface area contributed by atoms with Crippen LogP contribution < -0.4 is 15.0 Å². The molecule has 0 spiro atoms. The summed E-state index contributed by atoms with van der Waals surface area (Å²) in [4.78, 5) is 39.5. The minimum atomic E-state index is -0.719. The Labute approximate surface area is 152 Å². The maximum Gasteiger partial charge on any atom is 0.262 e. The van der Waals surface area contributed by atoms with Crippen LogP contribution in [-0.4, -0.2) is 37.3 Å². The van der Waals surface area contributed by atoms with Gasteiger partial charge < -0.3 is 15.0 Å². The molecule has 6 heteroatoms. The van der Waals surface area contributed by atoms with E-state index in [9.17, 15) is 14.4 Å². The number of para-hydroxylation sites is 2. The summed E-state index contributed by atoms with van der Waals surface area (Å²) in [7, 11) is 1.56. The van der Waals surface area contributed by atoms with Gasteiger partial charge in [-0.05, 0) is 37.8 Å². The second kappa shape index (κ2) is 6.74. The molecule has 1 heterocycles. The van der Waals surface area contributed by atoms with Gasteiger partial charge in [0, 0.05) is 24.8 Å². The highest BCUT2D eigenvalue weighted by Gasteiger charge is 2.44. The van der Waals surface area contributed by atoms with Crippen LogP contribution in [-0.2, 0) is 14.4 Å². The number of rotatable bonds is 2. The number of anilines is 1. The number of carbonyl (C=O) groups excluding carboxylic acids is 3. The number of hydrogen-bond acceptors (Lipinski definition) is 4. The van der Waals surface area contributed by atoms with Crippen molar-refractivity contribution in [2.24, 2.45) is 17.8 Å². The highest BCUT2D eigenvalue weighted by Crippen LogP contribution is 2.42. The van der Waals surface area contributed by atoms with Gasteiger partial charge in [-0.3, -0.25) is 14.4 Å². The lowest BCUT2D eigenvalue weighted by Gasteiger charge is -2.40. The van der Waals surface area contributed by atoms with Crippen molar-refractivity contribution in [3.63, 3.8) is 0 Å². The Morgan fingerprint density at radius 3 is 2.54 bits per heavy atom. The summed E-state index contributed by atoms with van der Waals surface area (Å²) in [6.07, 6.45) is 3.44. The molecule has 138 valence electrons. The number of amides is 2. The van der Waals surface area contributed by atoms with Crippen LogP contribution in [0.2, 0.25) is 0 Å². The fourth-order valence-electron chi connectivity index (χ4n) is 4.64. The first-order chi connectivity index (χ1) is 12.6. The molecule has 4 rings (SSSR count). The summed E-state index contributed by atoms with van der Waals surface area (Å²) < 4.78 is 5.78. The first-order valence-electron chi connectivity index (χ1n) is 9.41. The van der Waals surface area contributed by atoms with Gasteiger partial charge >= 0.3 is 0 Å². The summed E-state index contributed by atoms with van der Waals surface area (Å²) in [5, 5.41) is 2.60. The zero-order valence-electron chi connectivity index (χ0n) is 14.9. The molecular formula is C20H24N2O4. The second-order valence-corrected chi connectivity index (χ2v) is 7.53. The molecule has 0 aromatic heterocycles. The van der Waals surface area contributed by atoms with E-state index >= 15 is 0 Å². The zero-order valence-corrected chi connectivity index (χ0v) is 14.9. The third-order valence-electron chi connectivity index (χ3n) is 5.98. The second-order valence-electron chi connectivity index (χ2n) is 7.53. The van der Waals surface area contributed by atoms with E-state index in [1.807, 2.05) is 18.2 Å². The Morgan fingerprint density at radius 1 is 1.15 bits per heavy atom. The van der Waals surface area contributed by atoms with Crippen molar-refractivity contribution in [3.8, 4) is 5.75 Å². The standard InChI is InChI=1S/C20H24N2O4/c1-21-19(24)17-11-22(15-7-2-3-8-16(15)26-17)20(25)14-9-12-5-4-6-13(10-14)18(12)23/h2-3,7-8,12-14,17H,4-6,9-11H2,1H3,(H,21,24). The van der Waals surface area contributed by atoms with Crippen molar-refractivity contribution in [2.45, 2.75) is 38.2 Å². The van der Waals surface area contributed by atoms with Crippen LogP contribution in [0.5, 0.6) is 5.75 Å². The van der Waals surface area contributed by atoms with E-state index in [0.717, 1.165) is 19.3 Å². The Balaban J connectivity index is 1.60. The van der Waals surface area contributed by atoms with Gasteiger partial charge in [0.25, 0.3) is 5.91 Å². The van der Waals surface area contributed by atoms with Gasteiger partial charge in [-0.2, -0.15) is 0 Å². The lowest BCUT2D eigenvalue weighted by Crippen LogP contribution is -2.52. The number of hydrogen-bond donors (Lipinski definition) is 1. The molecule has 3 aliphatic rings. The molecule has 0 saturated heterocycles. The van der Waals surface area contributed by atoms with E-state index in [4.69, 9.17) is 4.74 Å². The number of ketones is 1. The number of Topliss-reactive ketones (excluding diaryl/α,β-unsaturated/α-hetero) is 1. The number of benzene rings is 1. The van der Waals surface area contributed by atoms with Crippen LogP contribution in [0, 0.1) is 17.8 Å². The quantitative estimate of drug-likeness (QED) is 0.878. The first-order valence-corrected chi connectivity index (χ1v) is 9.41. The van der Waals surface area contributed by atoms with E-state index in [2.05, 4.69) is 5.32 Å².